The minimum absolute atomic E-state index is 0.345. The molecule has 4 nitrogen and oxygen atoms in total. The number of hydrogen-bond donors (Lipinski definition) is 1. The first-order valence-electron chi connectivity index (χ1n) is 6.65. The van der Waals surface area contributed by atoms with Crippen molar-refractivity contribution in [3.05, 3.63) is 52.4 Å². The first kappa shape index (κ1) is 15.2. The second-order valence-electron chi connectivity index (χ2n) is 4.78. The molecule has 1 aromatic heterocycles. The number of hydrogen-bond acceptors (Lipinski definition) is 3. The van der Waals surface area contributed by atoms with Gasteiger partial charge in [-0.3, -0.25) is 4.79 Å². The maximum absolute atomic E-state index is 13.2. The second-order valence-corrected chi connectivity index (χ2v) is 4.78. The predicted molar refractivity (Wildman–Crippen MR) is 72.9 cm³/mol. The molecule has 1 amide bonds. The van der Waals surface area contributed by atoms with Crippen molar-refractivity contribution in [1.82, 2.24) is 10.5 Å². The summed E-state index contributed by atoms with van der Waals surface area (Å²) in [6.07, 6.45) is 0.569. The Morgan fingerprint density at radius 1 is 1.38 bits per heavy atom. The van der Waals surface area contributed by atoms with Gasteiger partial charge in [0.05, 0.1) is 11.7 Å². The molecule has 1 N–H and O–H groups in total. The molecule has 2 aromatic rings. The lowest BCUT2D eigenvalue weighted by Crippen LogP contribution is -2.27. The fourth-order valence-corrected chi connectivity index (χ4v) is 2.08. The van der Waals surface area contributed by atoms with E-state index < -0.39 is 17.7 Å². The van der Waals surface area contributed by atoms with Crippen molar-refractivity contribution in [2.24, 2.45) is 0 Å². The van der Waals surface area contributed by atoms with E-state index in [0.717, 1.165) is 12.1 Å². The third-order valence-electron chi connectivity index (χ3n) is 3.29. The third kappa shape index (κ3) is 3.09. The van der Waals surface area contributed by atoms with Gasteiger partial charge in [0.25, 0.3) is 5.91 Å². The van der Waals surface area contributed by atoms with Crippen molar-refractivity contribution in [1.29, 1.82) is 0 Å². The number of aromatic nitrogens is 1. The topological polar surface area (TPSA) is 55.1 Å². The van der Waals surface area contributed by atoms with Gasteiger partial charge in [-0.15, -0.1) is 0 Å². The van der Waals surface area contributed by atoms with Crippen LogP contribution in [0.3, 0.4) is 0 Å². The fraction of sp³-hybridized carbons (Fsp3) is 0.333. The highest BCUT2D eigenvalue weighted by atomic mass is 19.2. The number of carbonyl (C=O) groups is 1. The van der Waals surface area contributed by atoms with Crippen molar-refractivity contribution in [2.45, 2.75) is 33.2 Å². The molecular formula is C15H16F2N2O2. The van der Waals surface area contributed by atoms with Gasteiger partial charge in [0, 0.05) is 0 Å². The lowest BCUT2D eigenvalue weighted by molar-refractivity contribution is 0.0937. The molecule has 0 spiro atoms. The monoisotopic (exact) mass is 294 g/mol. The van der Waals surface area contributed by atoms with Crippen LogP contribution in [0.15, 0.2) is 22.7 Å². The van der Waals surface area contributed by atoms with Crippen molar-refractivity contribution >= 4 is 5.91 Å². The zero-order valence-corrected chi connectivity index (χ0v) is 12.0. The van der Waals surface area contributed by atoms with Gasteiger partial charge in [0.2, 0.25) is 0 Å². The molecule has 21 heavy (non-hydrogen) atoms. The molecule has 2 rings (SSSR count). The summed E-state index contributed by atoms with van der Waals surface area (Å²) in [7, 11) is 0. The van der Waals surface area contributed by atoms with E-state index in [4.69, 9.17) is 4.52 Å². The molecule has 0 fully saturated rings. The van der Waals surface area contributed by atoms with Crippen molar-refractivity contribution in [3.63, 3.8) is 0 Å². The highest BCUT2D eigenvalue weighted by molar-refractivity contribution is 5.96. The van der Waals surface area contributed by atoms with E-state index in [1.807, 2.05) is 6.92 Å². The van der Waals surface area contributed by atoms with Gasteiger partial charge in [-0.05, 0) is 38.0 Å². The highest BCUT2D eigenvalue weighted by Gasteiger charge is 2.21. The number of benzene rings is 1. The summed E-state index contributed by atoms with van der Waals surface area (Å²) in [5.41, 5.74) is 1.45. The first-order valence-corrected chi connectivity index (χ1v) is 6.65. The summed E-state index contributed by atoms with van der Waals surface area (Å²) >= 11 is 0. The molecule has 0 aliphatic heterocycles. The van der Waals surface area contributed by atoms with Crippen LogP contribution in [-0.2, 0) is 6.42 Å². The largest absolute Gasteiger partial charge is 0.361 e. The molecule has 0 bridgehead atoms. The molecule has 6 heteroatoms. The molecule has 1 heterocycles. The van der Waals surface area contributed by atoms with Crippen LogP contribution in [0.5, 0.6) is 0 Å². The molecule has 0 radical (unpaired) electrons. The summed E-state index contributed by atoms with van der Waals surface area (Å²) in [5.74, 6) is -1.77. The van der Waals surface area contributed by atoms with Gasteiger partial charge in [0.1, 0.15) is 11.3 Å². The fourth-order valence-electron chi connectivity index (χ4n) is 2.08. The number of aryl methyl sites for hydroxylation is 2. The highest BCUT2D eigenvalue weighted by Crippen LogP contribution is 2.19. The lowest BCUT2D eigenvalue weighted by Gasteiger charge is -2.14. The molecule has 0 unspecified atom stereocenters. The predicted octanol–water partition coefficient (Wildman–Crippen LogP) is 3.31. The summed E-state index contributed by atoms with van der Waals surface area (Å²) in [6, 6.07) is 3.08. The van der Waals surface area contributed by atoms with Gasteiger partial charge in [-0.2, -0.15) is 0 Å². The molecule has 0 saturated heterocycles. The number of carbonyl (C=O) groups excluding carboxylic acids is 1. The first-order chi connectivity index (χ1) is 9.93. The van der Waals surface area contributed by atoms with Gasteiger partial charge in [0.15, 0.2) is 11.6 Å². The average molecular weight is 294 g/mol. The van der Waals surface area contributed by atoms with Crippen LogP contribution in [-0.4, -0.2) is 11.1 Å². The maximum Gasteiger partial charge on any atom is 0.257 e. The minimum Gasteiger partial charge on any atom is -0.361 e. The van der Waals surface area contributed by atoms with E-state index >= 15 is 0 Å². The van der Waals surface area contributed by atoms with E-state index in [1.54, 1.807) is 13.8 Å². The van der Waals surface area contributed by atoms with Gasteiger partial charge in [-0.1, -0.05) is 18.1 Å². The van der Waals surface area contributed by atoms with Crippen molar-refractivity contribution in [3.8, 4) is 0 Å². The third-order valence-corrected chi connectivity index (χ3v) is 3.29. The Kier molecular flexibility index (Phi) is 4.35. The van der Waals surface area contributed by atoms with E-state index in [9.17, 15) is 13.6 Å². The van der Waals surface area contributed by atoms with Crippen molar-refractivity contribution in [2.75, 3.05) is 0 Å². The number of nitrogens with zero attached hydrogens (tertiary/aromatic N) is 1. The van der Waals surface area contributed by atoms with E-state index in [-0.39, 0.29) is 5.91 Å². The summed E-state index contributed by atoms with van der Waals surface area (Å²) < 4.78 is 31.1. The smallest absolute Gasteiger partial charge is 0.257 e. The van der Waals surface area contributed by atoms with Gasteiger partial charge >= 0.3 is 0 Å². The Bertz CT molecular complexity index is 668. The molecule has 1 atom stereocenters. The maximum atomic E-state index is 13.2. The number of nitrogens with one attached hydrogen (secondary N) is 1. The second kappa shape index (κ2) is 6.03. The van der Waals surface area contributed by atoms with Gasteiger partial charge in [-0.25, -0.2) is 8.78 Å². The molecule has 1 aromatic carbocycles. The lowest BCUT2D eigenvalue weighted by atomic mass is 10.1. The Morgan fingerprint density at radius 2 is 2.10 bits per heavy atom. The summed E-state index contributed by atoms with van der Waals surface area (Å²) in [6.45, 7) is 5.22. The number of rotatable bonds is 4. The summed E-state index contributed by atoms with van der Waals surface area (Å²) in [4.78, 5) is 12.3. The number of halogens is 2. The van der Waals surface area contributed by atoms with E-state index in [2.05, 4.69) is 10.5 Å². The number of amides is 1. The van der Waals surface area contributed by atoms with Crippen LogP contribution in [0.1, 0.15) is 47.3 Å². The van der Waals surface area contributed by atoms with E-state index in [0.29, 0.717) is 29.0 Å². The normalized spacial score (nSPS) is 12.2. The average Bonchev–Trinajstić information content (AvgIpc) is 2.82. The van der Waals surface area contributed by atoms with Crippen molar-refractivity contribution < 1.29 is 18.1 Å². The van der Waals surface area contributed by atoms with Crippen LogP contribution in [0, 0.1) is 18.6 Å². The van der Waals surface area contributed by atoms with E-state index in [1.165, 1.54) is 6.07 Å². The Labute approximate surface area is 121 Å². The molecule has 0 aliphatic rings. The molecule has 0 saturated carbocycles. The molecule has 112 valence electrons. The standard InChI is InChI=1S/C15H16F2N2O2/c1-4-13-14(9(3)21-19-13)15(20)18-8(2)10-5-6-11(16)12(17)7-10/h5-8H,4H2,1-3H3,(H,18,20)/t8-/m1/s1. The SMILES string of the molecule is CCc1noc(C)c1C(=O)N[C@H](C)c1ccc(F)c(F)c1. The van der Waals surface area contributed by atoms with Crippen LogP contribution in [0.25, 0.3) is 0 Å². The zero-order chi connectivity index (χ0) is 15.6. The Morgan fingerprint density at radius 3 is 2.71 bits per heavy atom. The van der Waals surface area contributed by atoms with Crippen LogP contribution < -0.4 is 5.32 Å². The van der Waals surface area contributed by atoms with Gasteiger partial charge < -0.3 is 9.84 Å². The van der Waals surface area contributed by atoms with Crippen LogP contribution >= 0.6 is 0 Å². The van der Waals surface area contributed by atoms with Crippen LogP contribution in [0.4, 0.5) is 8.78 Å². The summed E-state index contributed by atoms with van der Waals surface area (Å²) in [5, 5.41) is 6.55. The Hall–Kier alpha value is -2.24. The Balaban J connectivity index is 2.18. The quantitative estimate of drug-likeness (QED) is 0.941. The zero-order valence-electron chi connectivity index (χ0n) is 12.0. The molecular weight excluding hydrogens is 278 g/mol. The van der Waals surface area contributed by atoms with Crippen LogP contribution in [0.2, 0.25) is 0 Å². The minimum atomic E-state index is -0.941. The molecule has 0 aliphatic carbocycles.